The number of aromatic nitrogens is 1. The Morgan fingerprint density at radius 2 is 2.04 bits per heavy atom. The maximum Gasteiger partial charge on any atom is 0.241 e. The van der Waals surface area contributed by atoms with Crippen molar-refractivity contribution >= 4 is 35.8 Å². The number of carbonyl (C=O) groups is 1. The van der Waals surface area contributed by atoms with Crippen molar-refractivity contribution in [1.29, 1.82) is 0 Å². The highest BCUT2D eigenvalue weighted by molar-refractivity contribution is 14.0. The van der Waals surface area contributed by atoms with Gasteiger partial charge >= 0.3 is 0 Å². The Kier molecular flexibility index (Phi) is 10.9. The summed E-state index contributed by atoms with van der Waals surface area (Å²) in [4.78, 5) is 22.0. The Labute approximate surface area is 173 Å². The second-order valence-electron chi connectivity index (χ2n) is 6.70. The predicted molar refractivity (Wildman–Crippen MR) is 116 cm³/mol. The Bertz CT molecular complexity index is 595. The SMILES string of the molecule is C=CCNC(=NCc1ccc(OC(C)(C)C)nc1)NCC(=O)N(C)C.I. The molecule has 2 N–H and O–H groups in total. The summed E-state index contributed by atoms with van der Waals surface area (Å²) in [7, 11) is 3.43. The molecular formula is C18H30IN5O2. The third-order valence-corrected chi connectivity index (χ3v) is 2.95. The van der Waals surface area contributed by atoms with Gasteiger partial charge in [0, 0.05) is 32.9 Å². The van der Waals surface area contributed by atoms with Gasteiger partial charge in [-0.25, -0.2) is 9.98 Å². The largest absolute Gasteiger partial charge is 0.472 e. The van der Waals surface area contributed by atoms with Crippen molar-refractivity contribution in [2.45, 2.75) is 32.9 Å². The molecule has 1 heterocycles. The molecule has 0 bridgehead atoms. The zero-order valence-electron chi connectivity index (χ0n) is 16.2. The topological polar surface area (TPSA) is 78.9 Å². The molecule has 0 aromatic carbocycles. The predicted octanol–water partition coefficient (Wildman–Crippen LogP) is 2.19. The van der Waals surface area contributed by atoms with E-state index in [0.29, 0.717) is 24.9 Å². The molecule has 0 unspecified atom stereocenters. The number of pyridine rings is 1. The van der Waals surface area contributed by atoms with E-state index in [-0.39, 0.29) is 42.0 Å². The van der Waals surface area contributed by atoms with E-state index in [0.717, 1.165) is 5.56 Å². The third-order valence-electron chi connectivity index (χ3n) is 2.95. The molecule has 0 atom stereocenters. The van der Waals surface area contributed by atoms with Crippen LogP contribution in [0, 0.1) is 0 Å². The molecule has 0 aliphatic heterocycles. The molecule has 0 saturated carbocycles. The van der Waals surface area contributed by atoms with E-state index >= 15 is 0 Å². The zero-order valence-corrected chi connectivity index (χ0v) is 18.5. The minimum atomic E-state index is -0.280. The van der Waals surface area contributed by atoms with Crippen LogP contribution in [0.4, 0.5) is 0 Å². The second-order valence-corrected chi connectivity index (χ2v) is 6.70. The Balaban J connectivity index is 0.00000625. The van der Waals surface area contributed by atoms with Crippen LogP contribution in [0.3, 0.4) is 0 Å². The number of halogens is 1. The van der Waals surface area contributed by atoms with E-state index in [2.05, 4.69) is 27.2 Å². The normalized spacial score (nSPS) is 11.2. The van der Waals surface area contributed by atoms with E-state index in [4.69, 9.17) is 4.74 Å². The molecule has 146 valence electrons. The summed E-state index contributed by atoms with van der Waals surface area (Å²) < 4.78 is 5.70. The van der Waals surface area contributed by atoms with Crippen molar-refractivity contribution < 1.29 is 9.53 Å². The summed E-state index contributed by atoms with van der Waals surface area (Å²) >= 11 is 0. The maximum atomic E-state index is 11.7. The smallest absolute Gasteiger partial charge is 0.241 e. The number of amides is 1. The highest BCUT2D eigenvalue weighted by Crippen LogP contribution is 2.15. The highest BCUT2D eigenvalue weighted by atomic mass is 127. The van der Waals surface area contributed by atoms with Crippen LogP contribution in [0.1, 0.15) is 26.3 Å². The Morgan fingerprint density at radius 3 is 2.54 bits per heavy atom. The fourth-order valence-corrected chi connectivity index (χ4v) is 1.71. The van der Waals surface area contributed by atoms with Gasteiger partial charge in [0.2, 0.25) is 11.8 Å². The van der Waals surface area contributed by atoms with Crippen molar-refractivity contribution in [3.63, 3.8) is 0 Å². The minimum Gasteiger partial charge on any atom is -0.472 e. The number of likely N-dealkylation sites (N-methyl/N-ethyl adjacent to an activating group) is 1. The summed E-state index contributed by atoms with van der Waals surface area (Å²) in [5.41, 5.74) is 0.664. The number of ether oxygens (including phenoxy) is 1. The Hall–Kier alpha value is -1.84. The standard InChI is InChI=1S/C18H29N5O2.HI/c1-7-10-19-17(22-13-16(24)23(5)6)21-12-14-8-9-15(20-11-14)25-18(2,3)4;/h7-9,11H,1,10,12-13H2,2-6H3,(H2,19,21,22);1H. The number of guanidine groups is 1. The van der Waals surface area contributed by atoms with Gasteiger partial charge in [-0.1, -0.05) is 12.1 Å². The zero-order chi connectivity index (χ0) is 18.9. The van der Waals surface area contributed by atoms with Crippen LogP contribution >= 0.6 is 24.0 Å². The molecule has 0 aliphatic rings. The maximum absolute atomic E-state index is 11.7. The van der Waals surface area contributed by atoms with Gasteiger partial charge in [0.1, 0.15) is 5.60 Å². The first-order valence-corrected chi connectivity index (χ1v) is 8.18. The first kappa shape index (κ1) is 24.2. The summed E-state index contributed by atoms with van der Waals surface area (Å²) in [5, 5.41) is 6.08. The molecule has 1 aromatic heterocycles. The van der Waals surface area contributed by atoms with Gasteiger partial charge in [0.15, 0.2) is 5.96 Å². The van der Waals surface area contributed by atoms with E-state index in [9.17, 15) is 4.79 Å². The van der Waals surface area contributed by atoms with Gasteiger partial charge in [-0.2, -0.15) is 0 Å². The lowest BCUT2D eigenvalue weighted by Gasteiger charge is -2.20. The van der Waals surface area contributed by atoms with Gasteiger partial charge < -0.3 is 20.3 Å². The quantitative estimate of drug-likeness (QED) is 0.274. The van der Waals surface area contributed by atoms with Crippen LogP contribution in [0.25, 0.3) is 0 Å². The summed E-state index contributed by atoms with van der Waals surface area (Å²) in [5.74, 6) is 1.10. The second kappa shape index (κ2) is 11.7. The number of hydrogen-bond acceptors (Lipinski definition) is 4. The monoisotopic (exact) mass is 475 g/mol. The number of hydrogen-bond donors (Lipinski definition) is 2. The molecule has 0 aliphatic carbocycles. The van der Waals surface area contributed by atoms with Crippen LogP contribution < -0.4 is 15.4 Å². The van der Waals surface area contributed by atoms with E-state index < -0.39 is 0 Å². The first-order valence-electron chi connectivity index (χ1n) is 8.18. The minimum absolute atomic E-state index is 0. The van der Waals surface area contributed by atoms with Crippen molar-refractivity contribution in [1.82, 2.24) is 20.5 Å². The molecule has 0 spiro atoms. The van der Waals surface area contributed by atoms with Gasteiger partial charge in [-0.15, -0.1) is 30.6 Å². The van der Waals surface area contributed by atoms with Crippen molar-refractivity contribution in [3.05, 3.63) is 36.5 Å². The Morgan fingerprint density at radius 1 is 1.35 bits per heavy atom. The van der Waals surface area contributed by atoms with Crippen LogP contribution in [-0.2, 0) is 11.3 Å². The molecule has 1 aromatic rings. The molecule has 0 fully saturated rings. The molecule has 1 rings (SSSR count). The lowest BCUT2D eigenvalue weighted by Crippen LogP contribution is -2.43. The van der Waals surface area contributed by atoms with Crippen LogP contribution in [0.5, 0.6) is 5.88 Å². The average Bonchev–Trinajstić information content (AvgIpc) is 2.53. The average molecular weight is 475 g/mol. The van der Waals surface area contributed by atoms with E-state index in [1.807, 2.05) is 32.9 Å². The van der Waals surface area contributed by atoms with Crippen molar-refractivity contribution in [3.8, 4) is 5.88 Å². The van der Waals surface area contributed by atoms with Crippen LogP contribution in [-0.4, -0.2) is 54.5 Å². The molecule has 0 radical (unpaired) electrons. The van der Waals surface area contributed by atoms with Crippen molar-refractivity contribution in [2.75, 3.05) is 27.2 Å². The van der Waals surface area contributed by atoms with E-state index in [1.54, 1.807) is 26.4 Å². The fraction of sp³-hybridized carbons (Fsp3) is 0.500. The van der Waals surface area contributed by atoms with Crippen LogP contribution in [0.15, 0.2) is 36.0 Å². The number of nitrogens with one attached hydrogen (secondary N) is 2. The summed E-state index contributed by atoms with van der Waals surface area (Å²) in [6.45, 7) is 10.8. The molecule has 1 amide bonds. The lowest BCUT2D eigenvalue weighted by atomic mass is 10.2. The van der Waals surface area contributed by atoms with Gasteiger partial charge in [0.05, 0.1) is 13.1 Å². The molecule has 0 saturated heterocycles. The van der Waals surface area contributed by atoms with Crippen LogP contribution in [0.2, 0.25) is 0 Å². The van der Waals surface area contributed by atoms with Gasteiger partial charge in [0.25, 0.3) is 0 Å². The summed E-state index contributed by atoms with van der Waals surface area (Å²) in [6.07, 6.45) is 3.46. The molecule has 8 heteroatoms. The van der Waals surface area contributed by atoms with Gasteiger partial charge in [-0.05, 0) is 26.3 Å². The summed E-state index contributed by atoms with van der Waals surface area (Å²) in [6, 6.07) is 3.75. The molecule has 26 heavy (non-hydrogen) atoms. The fourth-order valence-electron chi connectivity index (χ4n) is 1.71. The third kappa shape index (κ3) is 10.2. The molecular weight excluding hydrogens is 445 g/mol. The van der Waals surface area contributed by atoms with Crippen molar-refractivity contribution in [2.24, 2.45) is 4.99 Å². The number of aliphatic imine (C=N–C) groups is 1. The number of nitrogens with zero attached hydrogens (tertiary/aromatic N) is 3. The van der Waals surface area contributed by atoms with E-state index in [1.165, 1.54) is 4.90 Å². The number of carbonyl (C=O) groups excluding carboxylic acids is 1. The number of rotatable bonds is 7. The van der Waals surface area contributed by atoms with Gasteiger partial charge in [-0.3, -0.25) is 4.79 Å². The highest BCUT2D eigenvalue weighted by Gasteiger charge is 2.12. The lowest BCUT2D eigenvalue weighted by molar-refractivity contribution is -0.127. The first-order chi connectivity index (χ1) is 11.7. The molecule has 7 nitrogen and oxygen atoms in total.